The topological polar surface area (TPSA) is 58.8 Å². The Morgan fingerprint density at radius 2 is 2.06 bits per heavy atom. The van der Waals surface area contributed by atoms with Gasteiger partial charge in [0.15, 0.2) is 8.32 Å². The first-order chi connectivity index (χ1) is 7.76. The third-order valence-corrected chi connectivity index (χ3v) is 7.68. The van der Waals surface area contributed by atoms with E-state index in [2.05, 4.69) is 43.8 Å². The van der Waals surface area contributed by atoms with Gasteiger partial charge in [0.05, 0.1) is 12.3 Å². The van der Waals surface area contributed by atoms with Gasteiger partial charge in [-0.2, -0.15) is 5.26 Å². The Morgan fingerprint density at radius 1 is 1.41 bits per heavy atom. The molecule has 0 radical (unpaired) electrons. The summed E-state index contributed by atoms with van der Waals surface area (Å²) in [6, 6.07) is 3.71. The zero-order valence-corrected chi connectivity index (χ0v) is 12.1. The van der Waals surface area contributed by atoms with Crippen LogP contribution in [0, 0.1) is 11.3 Å². The van der Waals surface area contributed by atoms with Crippen LogP contribution in [0.4, 0.5) is 0 Å². The van der Waals surface area contributed by atoms with E-state index in [1.165, 1.54) is 0 Å². The Balaban J connectivity index is 2.71. The van der Waals surface area contributed by atoms with Crippen molar-refractivity contribution in [1.82, 2.24) is 9.97 Å². The fourth-order valence-corrected chi connectivity index (χ4v) is 1.94. The Morgan fingerprint density at radius 3 is 2.59 bits per heavy atom. The van der Waals surface area contributed by atoms with Crippen LogP contribution < -0.4 is 0 Å². The van der Waals surface area contributed by atoms with E-state index < -0.39 is 8.32 Å². The number of rotatable bonds is 3. The molecular formula is C12H19N3OSi. The van der Waals surface area contributed by atoms with E-state index in [4.69, 9.17) is 9.69 Å². The fraction of sp³-hybridized carbons (Fsp3) is 0.583. The van der Waals surface area contributed by atoms with Crippen LogP contribution in [0.3, 0.4) is 0 Å². The van der Waals surface area contributed by atoms with Gasteiger partial charge in [-0.05, 0) is 24.2 Å². The second kappa shape index (κ2) is 4.94. The fourth-order valence-electron chi connectivity index (χ4n) is 1.00. The molecule has 0 aliphatic rings. The van der Waals surface area contributed by atoms with Crippen LogP contribution in [0.5, 0.6) is 0 Å². The summed E-state index contributed by atoms with van der Waals surface area (Å²) in [6.45, 7) is 11.4. The molecule has 0 aliphatic heterocycles. The lowest BCUT2D eigenvalue weighted by Crippen LogP contribution is -2.40. The molecule has 0 saturated heterocycles. The smallest absolute Gasteiger partial charge is 0.232 e. The summed E-state index contributed by atoms with van der Waals surface area (Å²) in [5, 5.41) is 8.89. The molecule has 17 heavy (non-hydrogen) atoms. The van der Waals surface area contributed by atoms with Crippen LogP contribution in [-0.2, 0) is 11.0 Å². The van der Waals surface area contributed by atoms with Crippen LogP contribution in [0.15, 0.2) is 12.3 Å². The van der Waals surface area contributed by atoms with Gasteiger partial charge in [-0.3, -0.25) is 0 Å². The highest BCUT2D eigenvalue weighted by Crippen LogP contribution is 2.36. The largest absolute Gasteiger partial charge is 0.411 e. The molecule has 0 amide bonds. The Hall–Kier alpha value is -1.25. The molecule has 92 valence electrons. The van der Waals surface area contributed by atoms with Gasteiger partial charge in [0, 0.05) is 6.20 Å². The molecule has 0 bridgehead atoms. The molecule has 5 heteroatoms. The van der Waals surface area contributed by atoms with Gasteiger partial charge in [-0.25, -0.2) is 9.97 Å². The van der Waals surface area contributed by atoms with Crippen molar-refractivity contribution in [3.05, 3.63) is 23.8 Å². The Kier molecular flexibility index (Phi) is 4.01. The highest BCUT2D eigenvalue weighted by atomic mass is 28.4. The van der Waals surface area contributed by atoms with Gasteiger partial charge in [0.2, 0.25) is 5.82 Å². The molecule has 0 atom stereocenters. The van der Waals surface area contributed by atoms with E-state index in [0.717, 1.165) is 5.69 Å². The standard InChI is InChI=1S/C12H19N3OSi/c1-12(2,3)17(4,5)16-9-10-6-7-14-11(8-13)15-10/h6-7H,9H2,1-5H3. The predicted molar refractivity (Wildman–Crippen MR) is 68.7 cm³/mol. The minimum atomic E-state index is -1.76. The van der Waals surface area contributed by atoms with E-state index in [0.29, 0.717) is 6.61 Å². The Bertz CT molecular complexity index is 432. The lowest BCUT2D eigenvalue weighted by Gasteiger charge is -2.36. The first-order valence-corrected chi connectivity index (χ1v) is 8.53. The van der Waals surface area contributed by atoms with Crippen molar-refractivity contribution in [2.75, 3.05) is 0 Å². The molecule has 0 spiro atoms. The lowest BCUT2D eigenvalue weighted by molar-refractivity contribution is 0.272. The van der Waals surface area contributed by atoms with Crippen LogP contribution in [0.2, 0.25) is 18.1 Å². The van der Waals surface area contributed by atoms with Crippen molar-refractivity contribution in [2.24, 2.45) is 0 Å². The van der Waals surface area contributed by atoms with E-state index >= 15 is 0 Å². The van der Waals surface area contributed by atoms with E-state index in [9.17, 15) is 0 Å². The van der Waals surface area contributed by atoms with Gasteiger partial charge >= 0.3 is 0 Å². The average Bonchev–Trinajstić information content (AvgIpc) is 2.25. The number of nitrogens with zero attached hydrogens (tertiary/aromatic N) is 3. The first-order valence-electron chi connectivity index (χ1n) is 5.62. The van der Waals surface area contributed by atoms with Gasteiger partial charge in [0.1, 0.15) is 6.07 Å². The molecular weight excluding hydrogens is 230 g/mol. The molecule has 1 heterocycles. The van der Waals surface area contributed by atoms with E-state index in [-0.39, 0.29) is 10.9 Å². The number of hydrogen-bond acceptors (Lipinski definition) is 4. The summed E-state index contributed by atoms with van der Waals surface area (Å²) in [5.41, 5.74) is 0.765. The zero-order chi connectivity index (χ0) is 13.1. The quantitative estimate of drug-likeness (QED) is 0.773. The molecule has 0 aliphatic carbocycles. The molecule has 0 saturated carbocycles. The van der Waals surface area contributed by atoms with Crippen LogP contribution >= 0.6 is 0 Å². The van der Waals surface area contributed by atoms with Crippen LogP contribution in [-0.4, -0.2) is 18.3 Å². The molecule has 0 fully saturated rings. The maximum absolute atomic E-state index is 8.71. The third kappa shape index (κ3) is 3.61. The summed E-state index contributed by atoms with van der Waals surface area (Å²) in [5.74, 6) is 0.196. The highest BCUT2D eigenvalue weighted by Gasteiger charge is 2.37. The van der Waals surface area contributed by atoms with Gasteiger partial charge in [-0.1, -0.05) is 20.8 Å². The van der Waals surface area contributed by atoms with E-state index in [1.807, 2.05) is 6.07 Å². The minimum absolute atomic E-state index is 0.179. The molecule has 1 aromatic heterocycles. The van der Waals surface area contributed by atoms with Gasteiger partial charge in [-0.15, -0.1) is 0 Å². The van der Waals surface area contributed by atoms with Crippen molar-refractivity contribution in [3.63, 3.8) is 0 Å². The summed E-state index contributed by atoms with van der Waals surface area (Å²) in [7, 11) is -1.76. The second-order valence-corrected chi connectivity index (χ2v) is 10.3. The summed E-state index contributed by atoms with van der Waals surface area (Å²) in [4.78, 5) is 7.94. The number of aromatic nitrogens is 2. The van der Waals surface area contributed by atoms with Gasteiger partial charge < -0.3 is 4.43 Å². The molecule has 0 unspecified atom stereocenters. The second-order valence-electron chi connectivity index (χ2n) is 5.53. The summed E-state index contributed by atoms with van der Waals surface area (Å²) in [6.07, 6.45) is 1.59. The van der Waals surface area contributed by atoms with Crippen molar-refractivity contribution in [3.8, 4) is 6.07 Å². The van der Waals surface area contributed by atoms with Crippen molar-refractivity contribution < 1.29 is 4.43 Å². The molecule has 1 rings (SSSR count). The molecule has 1 aromatic rings. The van der Waals surface area contributed by atoms with Crippen LogP contribution in [0.1, 0.15) is 32.3 Å². The van der Waals surface area contributed by atoms with Crippen molar-refractivity contribution >= 4 is 8.32 Å². The summed E-state index contributed by atoms with van der Waals surface area (Å²) >= 11 is 0. The average molecular weight is 249 g/mol. The molecule has 4 nitrogen and oxygen atoms in total. The highest BCUT2D eigenvalue weighted by molar-refractivity contribution is 6.74. The predicted octanol–water partition coefficient (Wildman–Crippen LogP) is 2.87. The number of nitriles is 1. The van der Waals surface area contributed by atoms with Crippen LogP contribution in [0.25, 0.3) is 0 Å². The Labute approximate surface area is 104 Å². The third-order valence-electron chi connectivity index (χ3n) is 3.20. The SMILES string of the molecule is CC(C)(C)[Si](C)(C)OCc1ccnc(C#N)n1. The first kappa shape index (κ1) is 13.8. The molecule has 0 aromatic carbocycles. The maximum atomic E-state index is 8.71. The molecule has 0 N–H and O–H groups in total. The lowest BCUT2D eigenvalue weighted by atomic mass is 10.2. The zero-order valence-electron chi connectivity index (χ0n) is 11.1. The van der Waals surface area contributed by atoms with E-state index in [1.54, 1.807) is 12.3 Å². The summed E-state index contributed by atoms with van der Waals surface area (Å²) < 4.78 is 6.02. The monoisotopic (exact) mass is 249 g/mol. The number of hydrogen-bond donors (Lipinski definition) is 0. The van der Waals surface area contributed by atoms with Crippen molar-refractivity contribution in [2.45, 2.75) is 45.5 Å². The maximum Gasteiger partial charge on any atom is 0.232 e. The normalized spacial score (nSPS) is 12.2. The minimum Gasteiger partial charge on any atom is -0.411 e. The van der Waals surface area contributed by atoms with Gasteiger partial charge in [0.25, 0.3) is 0 Å². The van der Waals surface area contributed by atoms with Crippen molar-refractivity contribution in [1.29, 1.82) is 5.26 Å².